The number of aryl methyl sites for hydroxylation is 1. The first-order chi connectivity index (χ1) is 18.2. The summed E-state index contributed by atoms with van der Waals surface area (Å²) < 4.78 is 39.5. The van der Waals surface area contributed by atoms with E-state index in [0.717, 1.165) is 53.5 Å². The number of hydrogen-bond donors (Lipinski definition) is 3. The van der Waals surface area contributed by atoms with Crippen LogP contribution in [0, 0.1) is 18.8 Å². The summed E-state index contributed by atoms with van der Waals surface area (Å²) >= 11 is 1.47. The second-order valence-corrected chi connectivity index (χ2v) is 12.0. The van der Waals surface area contributed by atoms with Gasteiger partial charge in [0.2, 0.25) is 0 Å². The molecule has 2 aromatic carbocycles. The topological polar surface area (TPSA) is 127 Å². The van der Waals surface area contributed by atoms with E-state index in [1.54, 1.807) is 12.1 Å². The van der Waals surface area contributed by atoms with Gasteiger partial charge in [-0.3, -0.25) is 9.52 Å². The van der Waals surface area contributed by atoms with Crippen molar-refractivity contribution < 1.29 is 27.8 Å². The fraction of sp³-hybridized carbons (Fsp3) is 0.407. The van der Waals surface area contributed by atoms with E-state index in [1.807, 2.05) is 19.9 Å². The van der Waals surface area contributed by atoms with Crippen LogP contribution < -0.4 is 14.8 Å². The standard InChI is InChI=1S/C27H33N3O6S2/c1-4-36-26(32)19-7-5-18(6-8-19)16-28-27-29-17(2)25(37-27)20-9-14-23(35-3)24(15-20)38(33,34)30-21-10-12-22(31)13-11-21/h9-15,18-19,30-31H,4-8,16H2,1-3H3,(H,28,29)/t18-,19-. The lowest BCUT2D eigenvalue weighted by Crippen LogP contribution is -2.26. The number of aromatic hydroxyl groups is 1. The van der Waals surface area contributed by atoms with E-state index in [0.29, 0.717) is 18.2 Å². The van der Waals surface area contributed by atoms with Crippen molar-refractivity contribution in [3.05, 3.63) is 48.2 Å². The zero-order valence-corrected chi connectivity index (χ0v) is 23.3. The predicted octanol–water partition coefficient (Wildman–Crippen LogP) is 5.41. The second-order valence-electron chi connectivity index (χ2n) is 9.30. The van der Waals surface area contributed by atoms with Crippen molar-refractivity contribution in [1.29, 1.82) is 0 Å². The van der Waals surface area contributed by atoms with Crippen molar-refractivity contribution in [1.82, 2.24) is 4.98 Å². The van der Waals surface area contributed by atoms with Crippen molar-refractivity contribution in [2.75, 3.05) is 30.3 Å². The van der Waals surface area contributed by atoms with E-state index >= 15 is 0 Å². The first-order valence-corrected chi connectivity index (χ1v) is 14.9. The molecule has 0 radical (unpaired) electrons. The zero-order chi connectivity index (χ0) is 27.3. The summed E-state index contributed by atoms with van der Waals surface area (Å²) in [5, 5.41) is 13.7. The van der Waals surface area contributed by atoms with E-state index < -0.39 is 10.0 Å². The monoisotopic (exact) mass is 559 g/mol. The van der Waals surface area contributed by atoms with Gasteiger partial charge in [-0.2, -0.15) is 0 Å². The normalized spacial score (nSPS) is 17.6. The Labute approximate surface area is 227 Å². The molecule has 1 aromatic heterocycles. The number of nitrogens with one attached hydrogen (secondary N) is 2. The van der Waals surface area contributed by atoms with Gasteiger partial charge in [0.15, 0.2) is 5.13 Å². The number of carbonyl (C=O) groups excluding carboxylic acids is 1. The third kappa shape index (κ3) is 6.57. The Morgan fingerprint density at radius 2 is 1.84 bits per heavy atom. The number of nitrogens with zero attached hydrogens (tertiary/aromatic N) is 1. The highest BCUT2D eigenvalue weighted by Crippen LogP contribution is 2.37. The molecule has 0 bridgehead atoms. The Balaban J connectivity index is 1.46. The molecule has 1 fully saturated rings. The number of anilines is 2. The van der Waals surface area contributed by atoms with Gasteiger partial charge in [0, 0.05) is 12.2 Å². The highest BCUT2D eigenvalue weighted by atomic mass is 32.2. The molecule has 9 nitrogen and oxygen atoms in total. The molecular weight excluding hydrogens is 526 g/mol. The van der Waals surface area contributed by atoms with Crippen LogP contribution in [0.3, 0.4) is 0 Å². The van der Waals surface area contributed by atoms with Crippen LogP contribution in [-0.4, -0.2) is 44.7 Å². The first-order valence-electron chi connectivity index (χ1n) is 12.6. The summed E-state index contributed by atoms with van der Waals surface area (Å²) in [5.41, 5.74) is 1.84. The molecule has 11 heteroatoms. The van der Waals surface area contributed by atoms with Gasteiger partial charge in [-0.1, -0.05) is 11.3 Å². The summed E-state index contributed by atoms with van der Waals surface area (Å²) in [6, 6.07) is 10.8. The molecule has 3 N–H and O–H groups in total. The lowest BCUT2D eigenvalue weighted by atomic mass is 9.82. The molecule has 4 rings (SSSR count). The maximum atomic E-state index is 13.2. The van der Waals surface area contributed by atoms with Gasteiger partial charge in [-0.25, -0.2) is 13.4 Å². The van der Waals surface area contributed by atoms with Gasteiger partial charge in [0.1, 0.15) is 16.4 Å². The third-order valence-corrected chi connectivity index (χ3v) is 9.21. The highest BCUT2D eigenvalue weighted by Gasteiger charge is 2.27. The molecule has 1 aliphatic carbocycles. The largest absolute Gasteiger partial charge is 0.508 e. The summed E-state index contributed by atoms with van der Waals surface area (Å²) in [6.45, 7) is 4.91. The Bertz CT molecular complexity index is 1360. The quantitative estimate of drug-likeness (QED) is 0.222. The molecule has 1 saturated carbocycles. The van der Waals surface area contributed by atoms with Crippen molar-refractivity contribution in [2.24, 2.45) is 11.8 Å². The van der Waals surface area contributed by atoms with E-state index in [4.69, 9.17) is 9.47 Å². The van der Waals surface area contributed by atoms with Crippen molar-refractivity contribution in [2.45, 2.75) is 44.4 Å². The van der Waals surface area contributed by atoms with Gasteiger partial charge < -0.3 is 19.9 Å². The minimum atomic E-state index is -3.97. The van der Waals surface area contributed by atoms with Crippen LogP contribution in [0.1, 0.15) is 38.3 Å². The number of benzene rings is 2. The van der Waals surface area contributed by atoms with Crippen LogP contribution in [0.15, 0.2) is 47.4 Å². The number of esters is 1. The average molecular weight is 560 g/mol. The maximum absolute atomic E-state index is 13.2. The number of phenolic OH excluding ortho intramolecular Hbond substituents is 1. The minimum absolute atomic E-state index is 0.00369. The number of ether oxygens (including phenoxy) is 2. The van der Waals surface area contributed by atoms with E-state index in [9.17, 15) is 18.3 Å². The summed E-state index contributed by atoms with van der Waals surface area (Å²) in [5.74, 6) is 0.639. The molecule has 0 aliphatic heterocycles. The highest BCUT2D eigenvalue weighted by molar-refractivity contribution is 7.92. The molecule has 1 aliphatic rings. The number of sulfonamides is 1. The van der Waals surface area contributed by atoms with Crippen LogP contribution in [0.4, 0.5) is 10.8 Å². The zero-order valence-electron chi connectivity index (χ0n) is 21.7. The lowest BCUT2D eigenvalue weighted by molar-refractivity contribution is -0.149. The van der Waals surface area contributed by atoms with Gasteiger partial charge in [-0.05, 0) is 93.5 Å². The van der Waals surface area contributed by atoms with Crippen LogP contribution in [0.2, 0.25) is 0 Å². The molecule has 1 heterocycles. The second kappa shape index (κ2) is 12.0. The van der Waals surface area contributed by atoms with Crippen molar-refractivity contribution in [3.63, 3.8) is 0 Å². The third-order valence-electron chi connectivity index (χ3n) is 6.64. The number of hydrogen-bond acceptors (Lipinski definition) is 9. The number of phenols is 1. The fourth-order valence-corrected chi connectivity index (χ4v) is 6.83. The maximum Gasteiger partial charge on any atom is 0.308 e. The minimum Gasteiger partial charge on any atom is -0.508 e. The van der Waals surface area contributed by atoms with Gasteiger partial charge in [0.25, 0.3) is 10.0 Å². The Morgan fingerprint density at radius 1 is 1.13 bits per heavy atom. The molecule has 0 amide bonds. The predicted molar refractivity (Wildman–Crippen MR) is 148 cm³/mol. The molecular formula is C27H33N3O6S2. The number of rotatable bonds is 10. The van der Waals surface area contributed by atoms with E-state index in [-0.39, 0.29) is 28.3 Å². The fourth-order valence-electron chi connectivity index (χ4n) is 4.60. The first kappa shape index (κ1) is 27.7. The molecule has 0 atom stereocenters. The SMILES string of the molecule is CCOC(=O)[C@H]1CC[C@H](CNc2nc(C)c(-c3ccc(OC)c(S(=O)(=O)Nc4ccc(O)cc4)c3)s2)CC1. The van der Waals surface area contributed by atoms with Crippen LogP contribution in [0.25, 0.3) is 10.4 Å². The smallest absolute Gasteiger partial charge is 0.308 e. The van der Waals surface area contributed by atoms with Gasteiger partial charge in [0.05, 0.1) is 30.2 Å². The number of carbonyl (C=O) groups is 1. The van der Waals surface area contributed by atoms with E-state index in [2.05, 4.69) is 15.0 Å². The van der Waals surface area contributed by atoms with Crippen molar-refractivity contribution in [3.8, 4) is 21.9 Å². The molecule has 204 valence electrons. The van der Waals surface area contributed by atoms with Crippen LogP contribution in [0.5, 0.6) is 11.5 Å². The number of thiazole rings is 1. The summed E-state index contributed by atoms with van der Waals surface area (Å²) in [6.07, 6.45) is 3.60. The Kier molecular flexibility index (Phi) is 8.78. The van der Waals surface area contributed by atoms with E-state index in [1.165, 1.54) is 42.7 Å². The van der Waals surface area contributed by atoms with Crippen LogP contribution >= 0.6 is 11.3 Å². The van der Waals surface area contributed by atoms with Gasteiger partial charge >= 0.3 is 5.97 Å². The average Bonchev–Trinajstić information content (AvgIpc) is 3.29. The molecule has 0 unspecified atom stereocenters. The van der Waals surface area contributed by atoms with Gasteiger partial charge in [-0.15, -0.1) is 0 Å². The molecule has 0 spiro atoms. The summed E-state index contributed by atoms with van der Waals surface area (Å²) in [4.78, 5) is 17.5. The molecule has 0 saturated heterocycles. The van der Waals surface area contributed by atoms with Crippen molar-refractivity contribution >= 4 is 38.1 Å². The number of methoxy groups -OCH3 is 1. The lowest BCUT2D eigenvalue weighted by Gasteiger charge is -2.27. The Morgan fingerprint density at radius 3 is 2.50 bits per heavy atom. The molecule has 3 aromatic rings. The number of aromatic nitrogens is 1. The van der Waals surface area contributed by atoms with Crippen LogP contribution in [-0.2, 0) is 19.6 Å². The Hall–Kier alpha value is -3.31. The molecule has 38 heavy (non-hydrogen) atoms. The summed E-state index contributed by atoms with van der Waals surface area (Å²) in [7, 11) is -2.54.